The molecule has 0 unspecified atom stereocenters. The lowest BCUT2D eigenvalue weighted by atomic mass is 9.72. The van der Waals surface area contributed by atoms with Crippen LogP contribution in [-0.2, 0) is 0 Å². The van der Waals surface area contributed by atoms with E-state index in [0.717, 1.165) is 54.3 Å². The van der Waals surface area contributed by atoms with Gasteiger partial charge in [-0.05, 0) is 63.2 Å². The van der Waals surface area contributed by atoms with Crippen molar-refractivity contribution in [2.24, 2.45) is 10.4 Å². The van der Waals surface area contributed by atoms with Crippen LogP contribution < -0.4 is 5.32 Å². The molecule has 4 rings (SSSR count). The first kappa shape index (κ1) is 18.5. The van der Waals surface area contributed by atoms with Crippen molar-refractivity contribution in [3.05, 3.63) is 71.8 Å². The van der Waals surface area contributed by atoms with Crippen molar-refractivity contribution >= 4 is 17.6 Å². The molecular weight excluding hydrogens is 342 g/mol. The van der Waals surface area contributed by atoms with Crippen molar-refractivity contribution in [1.82, 2.24) is 10.2 Å². The van der Waals surface area contributed by atoms with E-state index in [1.54, 1.807) is 0 Å². The topological polar surface area (TPSA) is 27.6 Å². The highest BCUT2D eigenvalue weighted by Gasteiger charge is 2.44. The Morgan fingerprint density at radius 2 is 1.79 bits per heavy atom. The number of nitrogens with zero attached hydrogens (tertiary/aromatic N) is 2. The van der Waals surface area contributed by atoms with Gasteiger partial charge in [-0.1, -0.05) is 36.6 Å². The maximum absolute atomic E-state index is 4.56. The summed E-state index contributed by atoms with van der Waals surface area (Å²) in [6.07, 6.45) is 4.37. The van der Waals surface area contributed by atoms with Crippen LogP contribution in [0.2, 0.25) is 0 Å². The van der Waals surface area contributed by atoms with Gasteiger partial charge in [0.25, 0.3) is 0 Å². The molecule has 2 aromatic rings. The maximum Gasteiger partial charge on any atom is 0.0719 e. The van der Waals surface area contributed by atoms with Gasteiger partial charge in [0.15, 0.2) is 0 Å². The van der Waals surface area contributed by atoms with Gasteiger partial charge in [-0.15, -0.1) is 0 Å². The average Bonchev–Trinajstić information content (AvgIpc) is 2.72. The molecule has 0 atom stereocenters. The third-order valence-electron chi connectivity index (χ3n) is 5.80. The molecule has 2 saturated heterocycles. The molecule has 142 valence electrons. The summed E-state index contributed by atoms with van der Waals surface area (Å²) in [5, 5.41) is 3.47. The molecule has 3 heteroatoms. The number of likely N-dealkylation sites (tertiary alicyclic amines) is 1. The number of rotatable bonds is 3. The Morgan fingerprint density at radius 1 is 1.07 bits per heavy atom. The number of benzene rings is 2. The van der Waals surface area contributed by atoms with Crippen molar-refractivity contribution < 1.29 is 0 Å². The third-order valence-corrected chi connectivity index (χ3v) is 5.80. The maximum atomic E-state index is 4.56. The molecule has 3 nitrogen and oxygen atoms in total. The Balaban J connectivity index is 1.56. The fourth-order valence-electron chi connectivity index (χ4n) is 4.16. The Hall–Kier alpha value is -2.83. The minimum absolute atomic E-state index is 0.479. The van der Waals surface area contributed by atoms with Crippen molar-refractivity contribution in [2.45, 2.75) is 19.8 Å². The van der Waals surface area contributed by atoms with Crippen LogP contribution in [0.1, 0.15) is 36.5 Å². The molecule has 2 aliphatic heterocycles. The third kappa shape index (κ3) is 3.88. The predicted molar refractivity (Wildman–Crippen MR) is 118 cm³/mol. The van der Waals surface area contributed by atoms with Gasteiger partial charge in [0.2, 0.25) is 0 Å². The van der Waals surface area contributed by atoms with E-state index in [0.29, 0.717) is 5.41 Å². The van der Waals surface area contributed by atoms with Gasteiger partial charge in [0.05, 0.1) is 5.69 Å². The molecule has 2 heterocycles. The fraction of sp³-hybridized carbons (Fsp3) is 0.320. The highest BCUT2D eigenvalue weighted by atomic mass is 15.2. The first-order chi connectivity index (χ1) is 13.7. The van der Waals surface area contributed by atoms with Crippen LogP contribution in [0.5, 0.6) is 0 Å². The van der Waals surface area contributed by atoms with E-state index in [4.69, 9.17) is 0 Å². The number of nitrogens with one attached hydrogen (secondary N) is 1. The minimum atomic E-state index is 0.479. The monoisotopic (exact) mass is 369 g/mol. The van der Waals surface area contributed by atoms with E-state index >= 15 is 0 Å². The normalized spacial score (nSPS) is 17.8. The van der Waals surface area contributed by atoms with E-state index in [9.17, 15) is 0 Å². The van der Waals surface area contributed by atoms with E-state index in [2.05, 4.69) is 45.8 Å². The molecule has 1 N–H and O–H groups in total. The number of hydrogen-bond acceptors (Lipinski definition) is 3. The van der Waals surface area contributed by atoms with Gasteiger partial charge in [-0.2, -0.15) is 0 Å². The zero-order chi connectivity index (χ0) is 19.4. The highest BCUT2D eigenvalue weighted by Crippen LogP contribution is 2.43. The van der Waals surface area contributed by atoms with Gasteiger partial charge < -0.3 is 10.2 Å². The largest absolute Gasteiger partial charge is 0.370 e. The van der Waals surface area contributed by atoms with Crippen LogP contribution >= 0.6 is 0 Å². The molecule has 28 heavy (non-hydrogen) atoms. The number of hydrogen-bond donors (Lipinski definition) is 1. The van der Waals surface area contributed by atoms with Gasteiger partial charge in [0, 0.05) is 47.1 Å². The zero-order valence-corrected chi connectivity index (χ0v) is 16.5. The van der Waals surface area contributed by atoms with E-state index in [1.807, 2.05) is 49.5 Å². The lowest BCUT2D eigenvalue weighted by Crippen LogP contribution is -2.58. The molecule has 2 aromatic carbocycles. The molecule has 0 radical (unpaired) electrons. The van der Waals surface area contributed by atoms with Crippen LogP contribution in [0.25, 0.3) is 5.70 Å². The molecule has 0 aromatic heterocycles. The molecule has 1 spiro atoms. The van der Waals surface area contributed by atoms with Crippen molar-refractivity contribution in [3.8, 4) is 11.8 Å². The molecule has 0 bridgehead atoms. The van der Waals surface area contributed by atoms with Crippen LogP contribution in [0.15, 0.2) is 60.1 Å². The molecule has 0 aliphatic carbocycles. The summed E-state index contributed by atoms with van der Waals surface area (Å²) < 4.78 is 0. The second-order valence-corrected chi connectivity index (χ2v) is 7.79. The first-order valence-corrected chi connectivity index (χ1v) is 10.0. The fourth-order valence-corrected chi connectivity index (χ4v) is 4.16. The van der Waals surface area contributed by atoms with Crippen LogP contribution in [0, 0.1) is 17.3 Å². The van der Waals surface area contributed by atoms with Gasteiger partial charge in [-0.3, -0.25) is 4.99 Å². The molecule has 2 fully saturated rings. The summed E-state index contributed by atoms with van der Waals surface area (Å²) in [4.78, 5) is 6.97. The molecule has 2 aliphatic rings. The lowest BCUT2D eigenvalue weighted by molar-refractivity contribution is 0.0201. The molecule has 0 saturated carbocycles. The summed E-state index contributed by atoms with van der Waals surface area (Å²) in [7, 11) is 0. The quantitative estimate of drug-likeness (QED) is 0.639. The van der Waals surface area contributed by atoms with E-state index < -0.39 is 0 Å². The summed E-state index contributed by atoms with van der Waals surface area (Å²) in [5.74, 6) is 6.53. The second-order valence-electron chi connectivity index (χ2n) is 7.79. The first-order valence-electron chi connectivity index (χ1n) is 10.0. The van der Waals surface area contributed by atoms with E-state index in [-0.39, 0.29) is 0 Å². The van der Waals surface area contributed by atoms with Crippen molar-refractivity contribution in [2.75, 3.05) is 26.2 Å². The summed E-state index contributed by atoms with van der Waals surface area (Å²) in [5.41, 5.74) is 5.60. The van der Waals surface area contributed by atoms with Gasteiger partial charge in [0.1, 0.15) is 0 Å². The van der Waals surface area contributed by atoms with Crippen LogP contribution in [0.4, 0.5) is 5.69 Å². The van der Waals surface area contributed by atoms with Gasteiger partial charge >= 0.3 is 0 Å². The Morgan fingerprint density at radius 3 is 2.50 bits per heavy atom. The summed E-state index contributed by atoms with van der Waals surface area (Å²) in [6.45, 7) is 10.8. The SMILES string of the molecule is C=C(c1cc(C#Cc2ccccc2)ccc1N=CC)N1CC2(CCNCC2)C1. The molecule has 0 amide bonds. The van der Waals surface area contributed by atoms with Crippen LogP contribution in [-0.4, -0.2) is 37.3 Å². The summed E-state index contributed by atoms with van der Waals surface area (Å²) in [6, 6.07) is 16.3. The minimum Gasteiger partial charge on any atom is -0.370 e. The second kappa shape index (κ2) is 8.04. The molecular formula is C25H27N3. The summed E-state index contributed by atoms with van der Waals surface area (Å²) >= 11 is 0. The Bertz CT molecular complexity index is 933. The van der Waals surface area contributed by atoms with Gasteiger partial charge in [-0.25, -0.2) is 0 Å². The highest BCUT2D eigenvalue weighted by molar-refractivity contribution is 5.77. The average molecular weight is 370 g/mol. The number of piperidine rings is 1. The lowest BCUT2D eigenvalue weighted by Gasteiger charge is -2.54. The standard InChI is InChI=1S/C25H27N3/c1-3-27-24-12-11-22(10-9-21-7-5-4-6-8-21)17-23(24)20(2)28-18-25(19-28)13-15-26-16-14-25/h3-8,11-12,17,26H,2,13-16,18-19H2,1H3. The van der Waals surface area contributed by atoms with E-state index in [1.165, 1.54) is 12.8 Å². The zero-order valence-electron chi connectivity index (χ0n) is 16.5. The van der Waals surface area contributed by atoms with Crippen molar-refractivity contribution in [3.63, 3.8) is 0 Å². The Kier molecular flexibility index (Phi) is 5.32. The predicted octanol–water partition coefficient (Wildman–Crippen LogP) is 4.46. The Labute approximate surface area is 168 Å². The number of aliphatic imine (C=N–C) groups is 1. The van der Waals surface area contributed by atoms with Crippen molar-refractivity contribution in [1.29, 1.82) is 0 Å². The smallest absolute Gasteiger partial charge is 0.0719 e. The van der Waals surface area contributed by atoms with Crippen LogP contribution in [0.3, 0.4) is 0 Å².